The summed E-state index contributed by atoms with van der Waals surface area (Å²) in [6.07, 6.45) is 14.5. The Morgan fingerprint density at radius 1 is 1.30 bits per heavy atom. The number of esters is 1. The number of hydrogen-bond donors (Lipinski definition) is 2. The van der Waals surface area contributed by atoms with E-state index in [9.17, 15) is 19.8 Å². The monoisotopic (exact) mass is 378 g/mol. The van der Waals surface area contributed by atoms with Crippen molar-refractivity contribution in [3.8, 4) is 0 Å². The third-order valence-electron chi connectivity index (χ3n) is 5.00. The molecule has 5 heteroatoms. The fraction of sp³-hybridized carbons (Fsp3) is 0.636. The highest BCUT2D eigenvalue weighted by atomic mass is 16.5. The van der Waals surface area contributed by atoms with Crippen molar-refractivity contribution in [2.45, 2.75) is 70.5 Å². The molecule has 4 atom stereocenters. The van der Waals surface area contributed by atoms with Crippen molar-refractivity contribution >= 4 is 11.8 Å². The Labute approximate surface area is 162 Å². The first-order valence-corrected chi connectivity index (χ1v) is 9.79. The third-order valence-corrected chi connectivity index (χ3v) is 5.00. The summed E-state index contributed by atoms with van der Waals surface area (Å²) < 4.78 is 4.55. The largest absolute Gasteiger partial charge is 0.469 e. The molecule has 0 aliphatic heterocycles. The predicted octanol–water partition coefficient (Wildman–Crippen LogP) is 3.51. The second-order valence-corrected chi connectivity index (χ2v) is 7.53. The Bertz CT molecular complexity index is 559. The van der Waals surface area contributed by atoms with Gasteiger partial charge in [0.2, 0.25) is 0 Å². The molecule has 5 nitrogen and oxygen atoms in total. The van der Waals surface area contributed by atoms with Crippen LogP contribution in [0, 0.1) is 11.8 Å². The number of aliphatic hydroxyl groups excluding tert-OH is 1. The lowest BCUT2D eigenvalue weighted by Gasteiger charge is -2.22. The minimum Gasteiger partial charge on any atom is -0.469 e. The molecule has 0 amide bonds. The van der Waals surface area contributed by atoms with E-state index in [1.807, 2.05) is 25.2 Å². The number of ether oxygens (including phenoxy) is 1. The van der Waals surface area contributed by atoms with Gasteiger partial charge in [-0.05, 0) is 26.2 Å². The average Bonchev–Trinajstić information content (AvgIpc) is 2.89. The van der Waals surface area contributed by atoms with Gasteiger partial charge in [0, 0.05) is 18.3 Å². The average molecular weight is 379 g/mol. The zero-order valence-electron chi connectivity index (χ0n) is 16.8. The van der Waals surface area contributed by atoms with Crippen LogP contribution < -0.4 is 0 Å². The molecule has 0 spiro atoms. The lowest BCUT2D eigenvalue weighted by atomic mass is 9.89. The summed E-state index contributed by atoms with van der Waals surface area (Å²) in [5, 5.41) is 20.6. The summed E-state index contributed by atoms with van der Waals surface area (Å²) >= 11 is 0. The number of hydrogen-bond acceptors (Lipinski definition) is 5. The highest BCUT2D eigenvalue weighted by Crippen LogP contribution is 2.33. The van der Waals surface area contributed by atoms with Crippen LogP contribution in [0.2, 0.25) is 0 Å². The standard InChI is InChI=1S/C22H34O5/c1-4-5-14-22(2,26)15-10-12-18-17(19(23)16-20(18)24)11-8-6-7-9-13-21(25)27-3/h6-10,12,17-18,20,24,26H,4-5,11,13-16H2,1-3H3/b8-6-,9-7?,12-10+/t17-,18-,20-,22?/m1/s1. The predicted molar refractivity (Wildman–Crippen MR) is 106 cm³/mol. The normalized spacial score (nSPS) is 25.7. The molecule has 1 rings (SSSR count). The molecule has 0 aromatic heterocycles. The number of unbranched alkanes of at least 4 members (excludes halogenated alkanes) is 1. The molecule has 0 bridgehead atoms. The van der Waals surface area contributed by atoms with Crippen LogP contribution in [0.4, 0.5) is 0 Å². The molecule has 1 saturated carbocycles. The number of carbonyl (C=O) groups is 2. The number of aliphatic hydroxyl groups is 2. The number of allylic oxidation sites excluding steroid dienone is 3. The summed E-state index contributed by atoms with van der Waals surface area (Å²) in [4.78, 5) is 23.2. The minimum absolute atomic E-state index is 0.0677. The van der Waals surface area contributed by atoms with Crippen molar-refractivity contribution < 1.29 is 24.5 Å². The Morgan fingerprint density at radius 2 is 2.00 bits per heavy atom. The zero-order chi connectivity index (χ0) is 20.3. The lowest BCUT2D eigenvalue weighted by molar-refractivity contribution is -0.139. The van der Waals surface area contributed by atoms with E-state index in [-0.39, 0.29) is 36.4 Å². The fourth-order valence-corrected chi connectivity index (χ4v) is 3.30. The van der Waals surface area contributed by atoms with Crippen molar-refractivity contribution in [1.82, 2.24) is 0 Å². The van der Waals surface area contributed by atoms with Crippen LogP contribution in [-0.4, -0.2) is 40.8 Å². The molecular formula is C22H34O5. The fourth-order valence-electron chi connectivity index (χ4n) is 3.30. The van der Waals surface area contributed by atoms with Gasteiger partial charge in [0.1, 0.15) is 5.78 Å². The Morgan fingerprint density at radius 3 is 2.67 bits per heavy atom. The highest BCUT2D eigenvalue weighted by molar-refractivity contribution is 5.84. The molecule has 0 aromatic rings. The van der Waals surface area contributed by atoms with Crippen LogP contribution in [0.5, 0.6) is 0 Å². The van der Waals surface area contributed by atoms with E-state index in [1.54, 1.807) is 18.2 Å². The summed E-state index contributed by atoms with van der Waals surface area (Å²) in [6.45, 7) is 3.92. The Hall–Kier alpha value is -1.72. The molecule has 1 aliphatic carbocycles. The lowest BCUT2D eigenvalue weighted by Crippen LogP contribution is -2.23. The van der Waals surface area contributed by atoms with Gasteiger partial charge in [0.15, 0.2) is 0 Å². The number of methoxy groups -OCH3 is 1. The maximum atomic E-state index is 12.2. The topological polar surface area (TPSA) is 83.8 Å². The first-order valence-electron chi connectivity index (χ1n) is 9.79. The van der Waals surface area contributed by atoms with E-state index in [2.05, 4.69) is 11.7 Å². The van der Waals surface area contributed by atoms with Crippen LogP contribution in [0.15, 0.2) is 36.5 Å². The van der Waals surface area contributed by atoms with Crippen molar-refractivity contribution in [3.05, 3.63) is 36.5 Å². The molecular weight excluding hydrogens is 344 g/mol. The van der Waals surface area contributed by atoms with Gasteiger partial charge >= 0.3 is 5.97 Å². The van der Waals surface area contributed by atoms with E-state index in [0.717, 1.165) is 19.3 Å². The molecule has 0 aromatic carbocycles. The zero-order valence-corrected chi connectivity index (χ0v) is 16.8. The van der Waals surface area contributed by atoms with E-state index in [4.69, 9.17) is 0 Å². The van der Waals surface area contributed by atoms with E-state index in [0.29, 0.717) is 12.8 Å². The van der Waals surface area contributed by atoms with Crippen molar-refractivity contribution in [2.75, 3.05) is 7.11 Å². The van der Waals surface area contributed by atoms with Crippen molar-refractivity contribution in [2.24, 2.45) is 11.8 Å². The maximum Gasteiger partial charge on any atom is 0.309 e. The van der Waals surface area contributed by atoms with E-state index >= 15 is 0 Å². The van der Waals surface area contributed by atoms with Crippen molar-refractivity contribution in [1.29, 1.82) is 0 Å². The number of carbonyl (C=O) groups excluding carboxylic acids is 2. The van der Waals surface area contributed by atoms with Gasteiger partial charge in [-0.15, -0.1) is 0 Å². The Balaban J connectivity index is 2.58. The smallest absolute Gasteiger partial charge is 0.309 e. The van der Waals surface area contributed by atoms with Crippen molar-refractivity contribution in [3.63, 3.8) is 0 Å². The van der Waals surface area contributed by atoms with Crippen LogP contribution in [0.3, 0.4) is 0 Å². The molecule has 2 N–H and O–H groups in total. The van der Waals surface area contributed by atoms with Crippen LogP contribution in [-0.2, 0) is 14.3 Å². The van der Waals surface area contributed by atoms with E-state index in [1.165, 1.54) is 7.11 Å². The third kappa shape index (κ3) is 8.67. The van der Waals surface area contributed by atoms with Gasteiger partial charge in [-0.2, -0.15) is 0 Å². The van der Waals surface area contributed by atoms with Gasteiger partial charge in [-0.1, -0.05) is 56.2 Å². The summed E-state index contributed by atoms with van der Waals surface area (Å²) in [5.74, 6) is -0.697. The molecule has 152 valence electrons. The second-order valence-electron chi connectivity index (χ2n) is 7.53. The summed E-state index contributed by atoms with van der Waals surface area (Å²) in [6, 6.07) is 0. The quantitative estimate of drug-likeness (QED) is 0.327. The SMILES string of the molecule is CCCCC(C)(O)C/C=C/[C@H]1[C@H](O)CC(=O)[C@@H]1C/C=C\C=CCC(=O)OC. The van der Waals surface area contributed by atoms with Crippen LogP contribution in [0.25, 0.3) is 0 Å². The summed E-state index contributed by atoms with van der Waals surface area (Å²) in [7, 11) is 1.35. The Kier molecular flexibility index (Phi) is 10.3. The highest BCUT2D eigenvalue weighted by Gasteiger charge is 2.39. The summed E-state index contributed by atoms with van der Waals surface area (Å²) in [5.41, 5.74) is -0.750. The van der Waals surface area contributed by atoms with Gasteiger partial charge < -0.3 is 14.9 Å². The number of rotatable bonds is 11. The molecule has 0 saturated heterocycles. The van der Waals surface area contributed by atoms with Crippen LogP contribution in [0.1, 0.15) is 58.8 Å². The molecule has 0 heterocycles. The molecule has 27 heavy (non-hydrogen) atoms. The number of Topliss-reactive ketones (excluding diaryl/α,β-unsaturated/α-hetero) is 1. The molecule has 1 aliphatic rings. The van der Waals surface area contributed by atoms with Gasteiger partial charge in [0.05, 0.1) is 25.2 Å². The number of ketones is 1. The minimum atomic E-state index is -0.750. The second kappa shape index (κ2) is 11.9. The maximum absolute atomic E-state index is 12.2. The van der Waals surface area contributed by atoms with Gasteiger partial charge in [-0.25, -0.2) is 0 Å². The first kappa shape index (κ1) is 23.3. The molecule has 0 radical (unpaired) electrons. The van der Waals surface area contributed by atoms with Gasteiger partial charge in [0.25, 0.3) is 0 Å². The van der Waals surface area contributed by atoms with Crippen LogP contribution >= 0.6 is 0 Å². The first-order chi connectivity index (χ1) is 12.8. The van der Waals surface area contributed by atoms with Gasteiger partial charge in [-0.3, -0.25) is 9.59 Å². The molecule has 1 fully saturated rings. The molecule has 1 unspecified atom stereocenters. The van der Waals surface area contributed by atoms with E-state index < -0.39 is 11.7 Å².